The Balaban J connectivity index is 1.91. The molecule has 1 N–H and O–H groups in total. The molecule has 0 saturated carbocycles. The van der Waals surface area contributed by atoms with E-state index in [1.165, 1.54) is 0 Å². The van der Waals surface area contributed by atoms with Crippen LogP contribution in [0.3, 0.4) is 0 Å². The average molecular weight is 351 g/mol. The van der Waals surface area contributed by atoms with Gasteiger partial charge in [0, 0.05) is 16.6 Å². The first-order chi connectivity index (χ1) is 11.9. The molecule has 0 radical (unpaired) electrons. The van der Waals surface area contributed by atoms with Crippen molar-refractivity contribution in [3.8, 4) is 0 Å². The summed E-state index contributed by atoms with van der Waals surface area (Å²) in [7, 11) is 0. The number of rotatable bonds is 3. The Morgan fingerprint density at radius 1 is 0.760 bits per heavy atom. The lowest BCUT2D eigenvalue weighted by Gasteiger charge is -2.11. The van der Waals surface area contributed by atoms with Crippen LogP contribution in [0.2, 0.25) is 0 Å². The van der Waals surface area contributed by atoms with E-state index in [2.05, 4.69) is 5.32 Å². The van der Waals surface area contributed by atoms with Crippen LogP contribution in [-0.2, 0) is 11.2 Å². The van der Waals surface area contributed by atoms with Gasteiger partial charge in [-0.2, -0.15) is 0 Å². The van der Waals surface area contributed by atoms with Gasteiger partial charge < -0.3 is 5.32 Å². The highest BCUT2D eigenvalue weighted by Gasteiger charge is 2.26. The first-order valence-corrected chi connectivity index (χ1v) is 7.18. The van der Waals surface area contributed by atoms with Gasteiger partial charge in [0.25, 0.3) is 0 Å². The van der Waals surface area contributed by atoms with Crippen molar-refractivity contribution < 1.29 is 26.7 Å². The minimum atomic E-state index is -2.26. The van der Waals surface area contributed by atoms with Gasteiger partial charge in [-0.3, -0.25) is 4.79 Å². The second-order valence-electron chi connectivity index (χ2n) is 5.30. The van der Waals surface area contributed by atoms with E-state index in [0.29, 0.717) is 11.1 Å². The highest BCUT2D eigenvalue weighted by molar-refractivity contribution is 6.02. The molecule has 7 heteroatoms. The zero-order valence-electron chi connectivity index (χ0n) is 12.5. The molecule has 0 saturated heterocycles. The third kappa shape index (κ3) is 3.05. The number of anilines is 1. The molecular formula is C18H10F5NO. The van der Waals surface area contributed by atoms with Crippen LogP contribution in [0.25, 0.3) is 10.8 Å². The molecule has 25 heavy (non-hydrogen) atoms. The summed E-state index contributed by atoms with van der Waals surface area (Å²) in [6.45, 7) is 0. The van der Waals surface area contributed by atoms with E-state index < -0.39 is 47.0 Å². The number of fused-ring (bicyclic) bond motifs is 1. The van der Waals surface area contributed by atoms with Crippen LogP contribution in [0.5, 0.6) is 0 Å². The van der Waals surface area contributed by atoms with Gasteiger partial charge in [0.05, 0.1) is 6.42 Å². The van der Waals surface area contributed by atoms with E-state index in [-0.39, 0.29) is 0 Å². The van der Waals surface area contributed by atoms with Crippen molar-refractivity contribution in [3.63, 3.8) is 0 Å². The molecule has 3 rings (SSSR count). The predicted octanol–water partition coefficient (Wildman–Crippen LogP) is 4.72. The minimum Gasteiger partial charge on any atom is -0.325 e. The summed E-state index contributed by atoms with van der Waals surface area (Å²) in [5, 5.41) is 3.92. The molecule has 0 bridgehead atoms. The van der Waals surface area contributed by atoms with Crippen LogP contribution in [0.4, 0.5) is 27.6 Å². The second-order valence-corrected chi connectivity index (χ2v) is 5.30. The minimum absolute atomic E-state index is 0.368. The summed E-state index contributed by atoms with van der Waals surface area (Å²) in [5.41, 5.74) is -0.805. The molecule has 0 aromatic heterocycles. The monoisotopic (exact) mass is 351 g/mol. The molecular weight excluding hydrogens is 341 g/mol. The standard InChI is InChI=1S/C18H10F5NO/c19-14-11(15(20)17(22)18(23)16(14)21)8-13(25)24-12-7-3-5-9-4-1-2-6-10(9)12/h1-7H,8H2,(H,24,25). The molecule has 0 heterocycles. The molecule has 0 spiro atoms. The van der Waals surface area contributed by atoms with Crippen LogP contribution >= 0.6 is 0 Å². The number of halogens is 5. The number of carbonyl (C=O) groups is 1. The molecule has 3 aromatic carbocycles. The van der Waals surface area contributed by atoms with Gasteiger partial charge in [-0.25, -0.2) is 22.0 Å². The third-order valence-corrected chi connectivity index (χ3v) is 3.70. The first-order valence-electron chi connectivity index (χ1n) is 7.18. The van der Waals surface area contributed by atoms with Crippen LogP contribution in [0.1, 0.15) is 5.56 Å². The van der Waals surface area contributed by atoms with E-state index in [9.17, 15) is 26.7 Å². The summed E-state index contributed by atoms with van der Waals surface area (Å²) in [4.78, 5) is 12.1. The van der Waals surface area contributed by atoms with Gasteiger partial charge >= 0.3 is 0 Å². The van der Waals surface area contributed by atoms with Gasteiger partial charge in [-0.05, 0) is 11.5 Å². The number of nitrogens with one attached hydrogen (secondary N) is 1. The summed E-state index contributed by atoms with van der Waals surface area (Å²) < 4.78 is 66.7. The van der Waals surface area contributed by atoms with Crippen molar-refractivity contribution in [2.24, 2.45) is 0 Å². The van der Waals surface area contributed by atoms with Gasteiger partial charge in [0.1, 0.15) is 0 Å². The molecule has 128 valence electrons. The Kier molecular flexibility index (Phi) is 4.39. The number of carbonyl (C=O) groups excluding carboxylic acids is 1. The number of benzene rings is 3. The quantitative estimate of drug-likeness (QED) is 0.413. The Hall–Kier alpha value is -2.96. The van der Waals surface area contributed by atoms with Crippen molar-refractivity contribution in [2.75, 3.05) is 5.32 Å². The highest BCUT2D eigenvalue weighted by Crippen LogP contribution is 2.25. The van der Waals surface area contributed by atoms with Gasteiger partial charge in [0.15, 0.2) is 23.3 Å². The summed E-state index contributed by atoms with van der Waals surface area (Å²) in [6.07, 6.45) is -0.991. The van der Waals surface area contributed by atoms with Gasteiger partial charge in [-0.15, -0.1) is 0 Å². The molecule has 0 fully saturated rings. The Bertz CT molecular complexity index is 952. The first kappa shape index (κ1) is 16.9. The molecule has 0 unspecified atom stereocenters. The lowest BCUT2D eigenvalue weighted by Crippen LogP contribution is -2.18. The number of hydrogen-bond acceptors (Lipinski definition) is 1. The van der Waals surface area contributed by atoms with Gasteiger partial charge in [-0.1, -0.05) is 36.4 Å². The van der Waals surface area contributed by atoms with Crippen LogP contribution in [0.15, 0.2) is 42.5 Å². The molecule has 3 aromatic rings. The summed E-state index contributed by atoms with van der Waals surface area (Å²) >= 11 is 0. The van der Waals surface area contributed by atoms with Crippen molar-refractivity contribution in [2.45, 2.75) is 6.42 Å². The molecule has 0 aliphatic carbocycles. The molecule has 0 atom stereocenters. The maximum Gasteiger partial charge on any atom is 0.229 e. The normalized spacial score (nSPS) is 10.9. The number of hydrogen-bond donors (Lipinski definition) is 1. The van der Waals surface area contributed by atoms with Crippen molar-refractivity contribution >= 4 is 22.4 Å². The molecule has 0 aliphatic heterocycles. The average Bonchev–Trinajstić information content (AvgIpc) is 2.62. The largest absolute Gasteiger partial charge is 0.325 e. The van der Waals surface area contributed by atoms with Crippen molar-refractivity contribution in [1.29, 1.82) is 0 Å². The van der Waals surface area contributed by atoms with E-state index in [4.69, 9.17) is 0 Å². The van der Waals surface area contributed by atoms with E-state index in [1.807, 2.05) is 0 Å². The highest BCUT2D eigenvalue weighted by atomic mass is 19.2. The molecule has 0 aliphatic rings. The fraction of sp³-hybridized carbons (Fsp3) is 0.0556. The maximum absolute atomic E-state index is 13.7. The lowest BCUT2D eigenvalue weighted by molar-refractivity contribution is -0.115. The predicted molar refractivity (Wildman–Crippen MR) is 82.5 cm³/mol. The number of amides is 1. The molecule has 2 nitrogen and oxygen atoms in total. The van der Waals surface area contributed by atoms with Crippen molar-refractivity contribution in [3.05, 3.63) is 77.1 Å². The van der Waals surface area contributed by atoms with E-state index >= 15 is 0 Å². The molecule has 1 amide bonds. The van der Waals surface area contributed by atoms with E-state index in [0.717, 1.165) is 5.39 Å². The SMILES string of the molecule is O=C(Cc1c(F)c(F)c(F)c(F)c1F)Nc1cccc2ccccc12. The fourth-order valence-corrected chi connectivity index (χ4v) is 2.49. The zero-order valence-corrected chi connectivity index (χ0v) is 12.5. The lowest BCUT2D eigenvalue weighted by atomic mass is 10.1. The van der Waals surface area contributed by atoms with Crippen LogP contribution in [0, 0.1) is 29.1 Å². The summed E-state index contributed by atoms with van der Waals surface area (Å²) in [6, 6.07) is 12.1. The van der Waals surface area contributed by atoms with Crippen molar-refractivity contribution in [1.82, 2.24) is 0 Å². The third-order valence-electron chi connectivity index (χ3n) is 3.70. The maximum atomic E-state index is 13.7. The topological polar surface area (TPSA) is 29.1 Å². The van der Waals surface area contributed by atoms with Crippen LogP contribution in [-0.4, -0.2) is 5.91 Å². The Morgan fingerprint density at radius 3 is 2.00 bits per heavy atom. The Labute approximate surface area is 138 Å². The zero-order chi connectivity index (χ0) is 18.1. The summed E-state index contributed by atoms with van der Waals surface area (Å²) in [5.74, 6) is -11.3. The van der Waals surface area contributed by atoms with Gasteiger partial charge in [0.2, 0.25) is 11.7 Å². The Morgan fingerprint density at radius 2 is 1.32 bits per heavy atom. The smallest absolute Gasteiger partial charge is 0.229 e. The van der Waals surface area contributed by atoms with E-state index in [1.54, 1.807) is 42.5 Å². The second kappa shape index (κ2) is 6.51. The fourth-order valence-electron chi connectivity index (χ4n) is 2.49. The van der Waals surface area contributed by atoms with Crippen LogP contribution < -0.4 is 5.32 Å².